The molecule has 0 N–H and O–H groups in total. The number of ether oxygens (including phenoxy) is 2. The lowest BCUT2D eigenvalue weighted by atomic mass is 10.3. The average molecular weight is 411 g/mol. The third-order valence-electron chi connectivity index (χ3n) is 4.83. The normalized spacial score (nSPS) is 14.1. The molecule has 0 atom stereocenters. The number of piperazine rings is 1. The van der Waals surface area contributed by atoms with Crippen molar-refractivity contribution in [2.45, 2.75) is 6.92 Å². The minimum Gasteiger partial charge on any atom is -0.497 e. The molecule has 1 aromatic carbocycles. The van der Waals surface area contributed by atoms with Crippen LogP contribution in [0.2, 0.25) is 0 Å². The third kappa shape index (κ3) is 3.61. The molecule has 1 saturated heterocycles. The maximum Gasteiger partial charge on any atom is 0.397 e. The Morgan fingerprint density at radius 1 is 1.13 bits per heavy atom. The molecule has 11 heteroatoms. The predicted molar refractivity (Wildman–Crippen MR) is 106 cm³/mol. The van der Waals surface area contributed by atoms with Crippen LogP contribution < -0.4 is 9.64 Å². The molecule has 3 aromatic rings. The van der Waals surface area contributed by atoms with E-state index in [0.717, 1.165) is 5.69 Å². The molecule has 2 aromatic heterocycles. The van der Waals surface area contributed by atoms with Gasteiger partial charge in [-0.25, -0.2) is 14.8 Å². The number of anilines is 1. The Hall–Kier alpha value is -3.76. The van der Waals surface area contributed by atoms with Gasteiger partial charge in [0.05, 0.1) is 19.4 Å². The smallest absolute Gasteiger partial charge is 0.397 e. The topological polar surface area (TPSA) is 116 Å². The largest absolute Gasteiger partial charge is 0.497 e. The number of rotatable bonds is 4. The van der Waals surface area contributed by atoms with Crippen LogP contribution in [-0.4, -0.2) is 81.6 Å². The first-order valence-electron chi connectivity index (χ1n) is 9.54. The highest BCUT2D eigenvalue weighted by atomic mass is 16.5. The fourth-order valence-corrected chi connectivity index (χ4v) is 3.33. The van der Waals surface area contributed by atoms with Gasteiger partial charge in [0.1, 0.15) is 12.1 Å². The van der Waals surface area contributed by atoms with E-state index in [1.807, 2.05) is 29.2 Å². The summed E-state index contributed by atoms with van der Waals surface area (Å²) < 4.78 is 11.7. The number of amides is 1. The van der Waals surface area contributed by atoms with Crippen LogP contribution in [-0.2, 0) is 14.3 Å². The number of nitrogens with zero attached hydrogens (tertiary/aromatic N) is 7. The van der Waals surface area contributed by atoms with Gasteiger partial charge < -0.3 is 19.3 Å². The molecule has 11 nitrogen and oxygen atoms in total. The minimum atomic E-state index is -0.823. The number of fused-ring (bicyclic) bond motifs is 1. The summed E-state index contributed by atoms with van der Waals surface area (Å²) in [4.78, 5) is 36.0. The number of carbonyl (C=O) groups excluding carboxylic acids is 2. The zero-order valence-electron chi connectivity index (χ0n) is 16.7. The highest BCUT2D eigenvalue weighted by Crippen LogP contribution is 2.24. The second kappa shape index (κ2) is 8.31. The second-order valence-corrected chi connectivity index (χ2v) is 6.57. The van der Waals surface area contributed by atoms with Crippen molar-refractivity contribution >= 4 is 28.9 Å². The Labute approximate surface area is 172 Å². The van der Waals surface area contributed by atoms with E-state index in [2.05, 4.69) is 20.3 Å². The maximum atomic E-state index is 12.1. The van der Waals surface area contributed by atoms with Crippen LogP contribution in [0.5, 0.6) is 5.75 Å². The molecule has 156 valence electrons. The van der Waals surface area contributed by atoms with Crippen molar-refractivity contribution in [1.82, 2.24) is 29.9 Å². The van der Waals surface area contributed by atoms with Crippen molar-refractivity contribution in [3.05, 3.63) is 30.6 Å². The van der Waals surface area contributed by atoms with Crippen molar-refractivity contribution in [3.8, 4) is 11.4 Å². The first kappa shape index (κ1) is 19.6. The molecule has 0 aliphatic carbocycles. The first-order chi connectivity index (χ1) is 14.6. The third-order valence-corrected chi connectivity index (χ3v) is 4.83. The Morgan fingerprint density at radius 2 is 1.93 bits per heavy atom. The van der Waals surface area contributed by atoms with Crippen molar-refractivity contribution < 1.29 is 19.1 Å². The molecule has 0 saturated carbocycles. The molecule has 30 heavy (non-hydrogen) atoms. The SMILES string of the molecule is CCOC(=O)C(=O)N1CCN(c2ncnc3c2nnn3-c2cccc(OC)c2)CC1. The monoisotopic (exact) mass is 411 g/mol. The fraction of sp³-hybridized carbons (Fsp3) is 0.368. The molecule has 0 unspecified atom stereocenters. The average Bonchev–Trinajstić information content (AvgIpc) is 3.23. The summed E-state index contributed by atoms with van der Waals surface area (Å²) in [6.45, 7) is 3.61. The van der Waals surface area contributed by atoms with E-state index in [-0.39, 0.29) is 6.61 Å². The lowest BCUT2D eigenvalue weighted by molar-refractivity contribution is -0.160. The Bertz CT molecular complexity index is 1080. The number of aromatic nitrogens is 5. The van der Waals surface area contributed by atoms with Crippen LogP contribution in [0.3, 0.4) is 0 Å². The molecule has 4 rings (SSSR count). The summed E-state index contributed by atoms with van der Waals surface area (Å²) in [7, 11) is 1.60. The van der Waals surface area contributed by atoms with Gasteiger partial charge >= 0.3 is 11.9 Å². The van der Waals surface area contributed by atoms with Crippen LogP contribution in [0, 0.1) is 0 Å². The van der Waals surface area contributed by atoms with Gasteiger partial charge in [0.2, 0.25) is 0 Å². The van der Waals surface area contributed by atoms with E-state index in [1.165, 1.54) is 11.2 Å². The van der Waals surface area contributed by atoms with Crippen molar-refractivity contribution in [2.24, 2.45) is 0 Å². The van der Waals surface area contributed by atoms with Gasteiger partial charge in [-0.1, -0.05) is 11.3 Å². The molecular weight excluding hydrogens is 390 g/mol. The molecule has 0 radical (unpaired) electrons. The number of hydrogen-bond donors (Lipinski definition) is 0. The summed E-state index contributed by atoms with van der Waals surface area (Å²) in [5, 5.41) is 8.52. The van der Waals surface area contributed by atoms with E-state index in [4.69, 9.17) is 9.47 Å². The number of methoxy groups -OCH3 is 1. The van der Waals surface area contributed by atoms with Crippen molar-refractivity contribution in [2.75, 3.05) is 44.8 Å². The second-order valence-electron chi connectivity index (χ2n) is 6.57. The molecule has 0 bridgehead atoms. The molecular formula is C19H21N7O4. The molecule has 1 aliphatic heterocycles. The summed E-state index contributed by atoms with van der Waals surface area (Å²) in [6.07, 6.45) is 1.47. The summed E-state index contributed by atoms with van der Waals surface area (Å²) >= 11 is 0. The van der Waals surface area contributed by atoms with Crippen LogP contribution in [0.15, 0.2) is 30.6 Å². The molecule has 0 spiro atoms. The van der Waals surface area contributed by atoms with Crippen LogP contribution in [0.25, 0.3) is 16.9 Å². The van der Waals surface area contributed by atoms with Crippen molar-refractivity contribution in [1.29, 1.82) is 0 Å². The summed E-state index contributed by atoms with van der Waals surface area (Å²) in [5.41, 5.74) is 1.90. The van der Waals surface area contributed by atoms with Gasteiger partial charge in [-0.05, 0) is 19.1 Å². The molecule has 3 heterocycles. The zero-order valence-corrected chi connectivity index (χ0v) is 16.7. The Balaban J connectivity index is 1.56. The number of benzene rings is 1. The van der Waals surface area contributed by atoms with E-state index in [0.29, 0.717) is 48.9 Å². The first-order valence-corrected chi connectivity index (χ1v) is 9.54. The molecule has 1 fully saturated rings. The van der Waals surface area contributed by atoms with Crippen LogP contribution in [0.1, 0.15) is 6.92 Å². The summed E-state index contributed by atoms with van der Waals surface area (Å²) in [5.74, 6) is -0.102. The Morgan fingerprint density at radius 3 is 2.67 bits per heavy atom. The van der Waals surface area contributed by atoms with Crippen LogP contribution >= 0.6 is 0 Å². The number of esters is 1. The summed E-state index contributed by atoms with van der Waals surface area (Å²) in [6, 6.07) is 7.44. The minimum absolute atomic E-state index is 0.173. The maximum absolute atomic E-state index is 12.1. The van der Waals surface area contributed by atoms with Gasteiger partial charge in [-0.15, -0.1) is 5.10 Å². The quantitative estimate of drug-likeness (QED) is 0.445. The van der Waals surface area contributed by atoms with Crippen LogP contribution in [0.4, 0.5) is 5.82 Å². The van der Waals surface area contributed by atoms with E-state index in [1.54, 1.807) is 18.7 Å². The van der Waals surface area contributed by atoms with Gasteiger partial charge in [0, 0.05) is 32.2 Å². The van der Waals surface area contributed by atoms with Gasteiger partial charge in [-0.2, -0.15) is 4.68 Å². The molecule has 1 aliphatic rings. The molecule has 1 amide bonds. The van der Waals surface area contributed by atoms with E-state index >= 15 is 0 Å². The standard InChI is InChI=1S/C19H21N7O4/c1-3-30-19(28)18(27)25-9-7-24(8-10-25)16-15-17(21-12-20-16)26(23-22-15)13-5-4-6-14(11-13)29-2/h4-6,11-12H,3,7-10H2,1-2H3. The zero-order chi connectivity index (χ0) is 21.1. The number of carbonyl (C=O) groups is 2. The lowest BCUT2D eigenvalue weighted by Crippen LogP contribution is -2.51. The van der Waals surface area contributed by atoms with E-state index < -0.39 is 11.9 Å². The van der Waals surface area contributed by atoms with Gasteiger partial charge in [0.15, 0.2) is 17.0 Å². The van der Waals surface area contributed by atoms with Gasteiger partial charge in [-0.3, -0.25) is 4.79 Å². The van der Waals surface area contributed by atoms with Crippen molar-refractivity contribution in [3.63, 3.8) is 0 Å². The van der Waals surface area contributed by atoms with E-state index in [9.17, 15) is 9.59 Å². The highest BCUT2D eigenvalue weighted by Gasteiger charge is 2.28. The number of hydrogen-bond acceptors (Lipinski definition) is 9. The lowest BCUT2D eigenvalue weighted by Gasteiger charge is -2.34. The van der Waals surface area contributed by atoms with Gasteiger partial charge in [0.25, 0.3) is 0 Å². The fourth-order valence-electron chi connectivity index (χ4n) is 3.33. The Kier molecular flexibility index (Phi) is 5.42. The highest BCUT2D eigenvalue weighted by molar-refractivity contribution is 6.32. The predicted octanol–water partition coefficient (Wildman–Crippen LogP) is 0.431.